The average Bonchev–Trinajstić information content (AvgIpc) is 3.20. The molecule has 1 aromatic heterocycles. The van der Waals surface area contributed by atoms with Crippen molar-refractivity contribution >= 4 is 22.9 Å². The largest absolute Gasteiger partial charge is 0.298 e. The van der Waals surface area contributed by atoms with E-state index in [2.05, 4.69) is 6.92 Å². The summed E-state index contributed by atoms with van der Waals surface area (Å²) in [5, 5.41) is 0.913. The number of hydrogen-bond acceptors (Lipinski definition) is 4. The van der Waals surface area contributed by atoms with E-state index >= 15 is 0 Å². The molecule has 0 amide bonds. The lowest BCUT2D eigenvalue weighted by Gasteiger charge is -2.24. The highest BCUT2D eigenvalue weighted by molar-refractivity contribution is 7.15. The summed E-state index contributed by atoms with van der Waals surface area (Å²) in [6.07, 6.45) is 3.34. The van der Waals surface area contributed by atoms with Gasteiger partial charge in [-0.05, 0) is 25.7 Å². The topological polar surface area (TPSA) is 47.0 Å². The molecule has 2 saturated carbocycles. The van der Waals surface area contributed by atoms with E-state index in [1.807, 2.05) is 30.3 Å². The molecule has 1 aromatic carbocycles. The highest BCUT2D eigenvalue weighted by atomic mass is 32.1. The van der Waals surface area contributed by atoms with E-state index < -0.39 is 5.92 Å². The van der Waals surface area contributed by atoms with Crippen molar-refractivity contribution < 1.29 is 9.59 Å². The Bertz CT molecular complexity index is 743. The Labute approximate surface area is 139 Å². The van der Waals surface area contributed by atoms with Gasteiger partial charge in [-0.2, -0.15) is 0 Å². The minimum absolute atomic E-state index is 0.0780. The monoisotopic (exact) mass is 325 g/mol. The summed E-state index contributed by atoms with van der Waals surface area (Å²) >= 11 is 1.62. The number of ketones is 2. The number of aromatic nitrogens is 1. The number of nitrogens with zero attached hydrogens (tertiary/aromatic N) is 1. The molecule has 1 heterocycles. The number of fused-ring (bicyclic) bond motifs is 2. The van der Waals surface area contributed by atoms with Crippen LogP contribution in [0.2, 0.25) is 0 Å². The Morgan fingerprint density at radius 3 is 2.35 bits per heavy atom. The molecule has 0 spiro atoms. The molecule has 3 atom stereocenters. The van der Waals surface area contributed by atoms with Crippen molar-refractivity contribution in [3.8, 4) is 10.6 Å². The molecule has 0 saturated heterocycles. The van der Waals surface area contributed by atoms with Gasteiger partial charge in [0.2, 0.25) is 0 Å². The molecule has 2 aliphatic rings. The maximum Gasteiger partial charge on any atom is 0.152 e. The predicted molar refractivity (Wildman–Crippen MR) is 90.5 cm³/mol. The molecule has 4 heteroatoms. The van der Waals surface area contributed by atoms with E-state index in [1.165, 1.54) is 0 Å². The van der Waals surface area contributed by atoms with Gasteiger partial charge >= 0.3 is 0 Å². The maximum absolute atomic E-state index is 12.8. The first-order valence-corrected chi connectivity index (χ1v) is 9.13. The van der Waals surface area contributed by atoms with Gasteiger partial charge in [0.1, 0.15) is 10.9 Å². The van der Waals surface area contributed by atoms with Gasteiger partial charge < -0.3 is 0 Å². The van der Waals surface area contributed by atoms with E-state index in [0.717, 1.165) is 46.8 Å². The molecule has 0 aliphatic heterocycles. The minimum atomic E-state index is -0.607. The number of benzene rings is 1. The molecular weight excluding hydrogens is 306 g/mol. The molecule has 2 aromatic rings. The molecule has 2 bridgehead atoms. The fourth-order valence-electron chi connectivity index (χ4n) is 3.93. The van der Waals surface area contributed by atoms with Crippen LogP contribution in [0.25, 0.3) is 10.6 Å². The molecule has 23 heavy (non-hydrogen) atoms. The third-order valence-corrected chi connectivity index (χ3v) is 6.41. The molecule has 118 valence electrons. The summed E-state index contributed by atoms with van der Waals surface area (Å²) in [5.41, 5.74) is 1.79. The third kappa shape index (κ3) is 2.36. The first-order chi connectivity index (χ1) is 11.2. The highest BCUT2D eigenvalue weighted by Crippen LogP contribution is 2.45. The van der Waals surface area contributed by atoms with Gasteiger partial charge in [0.15, 0.2) is 11.6 Å². The van der Waals surface area contributed by atoms with Crippen LogP contribution in [-0.4, -0.2) is 16.6 Å². The highest BCUT2D eigenvalue weighted by Gasteiger charge is 2.48. The lowest BCUT2D eigenvalue weighted by Crippen LogP contribution is -2.35. The van der Waals surface area contributed by atoms with E-state index in [1.54, 1.807) is 11.3 Å². The smallest absolute Gasteiger partial charge is 0.152 e. The van der Waals surface area contributed by atoms with Crippen LogP contribution in [0, 0.1) is 11.8 Å². The number of rotatable bonds is 3. The molecule has 0 radical (unpaired) electrons. The second-order valence-corrected chi connectivity index (χ2v) is 7.58. The van der Waals surface area contributed by atoms with Crippen molar-refractivity contribution in [1.82, 2.24) is 4.98 Å². The zero-order valence-corrected chi connectivity index (χ0v) is 13.9. The SMILES string of the molecule is CCc1sc(-c2ccccc2)nc1C1C(=O)[C@@H]2CC[C@@H](C2)C1=O. The fraction of sp³-hybridized carbons (Fsp3) is 0.421. The molecule has 0 N–H and O–H groups in total. The Morgan fingerprint density at radius 1 is 1.09 bits per heavy atom. The Kier molecular flexibility index (Phi) is 3.64. The molecule has 1 unspecified atom stereocenters. The summed E-state index contributed by atoms with van der Waals surface area (Å²) < 4.78 is 0. The quantitative estimate of drug-likeness (QED) is 0.801. The van der Waals surface area contributed by atoms with Crippen LogP contribution in [0.4, 0.5) is 0 Å². The van der Waals surface area contributed by atoms with Crippen LogP contribution in [0.1, 0.15) is 42.7 Å². The number of thiazole rings is 1. The molecule has 2 aliphatic carbocycles. The van der Waals surface area contributed by atoms with Gasteiger partial charge in [-0.3, -0.25) is 9.59 Å². The van der Waals surface area contributed by atoms with Crippen molar-refractivity contribution in [2.24, 2.45) is 11.8 Å². The first-order valence-electron chi connectivity index (χ1n) is 8.31. The Morgan fingerprint density at radius 2 is 1.74 bits per heavy atom. The maximum atomic E-state index is 12.8. The lowest BCUT2D eigenvalue weighted by atomic mass is 9.77. The van der Waals surface area contributed by atoms with Crippen LogP contribution in [0.3, 0.4) is 0 Å². The van der Waals surface area contributed by atoms with Gasteiger partial charge in [-0.25, -0.2) is 4.98 Å². The van der Waals surface area contributed by atoms with Gasteiger partial charge in [-0.1, -0.05) is 37.3 Å². The van der Waals surface area contributed by atoms with Crippen LogP contribution in [0.15, 0.2) is 30.3 Å². The van der Waals surface area contributed by atoms with E-state index in [0.29, 0.717) is 0 Å². The molecule has 4 rings (SSSR count). The van der Waals surface area contributed by atoms with Crippen molar-refractivity contribution in [2.45, 2.75) is 38.5 Å². The van der Waals surface area contributed by atoms with E-state index in [9.17, 15) is 9.59 Å². The molecule has 3 nitrogen and oxygen atoms in total. The van der Waals surface area contributed by atoms with Crippen molar-refractivity contribution in [2.75, 3.05) is 0 Å². The Balaban J connectivity index is 1.78. The standard InChI is InChI=1S/C19H19NO2S/c1-2-14-16(20-19(23-14)11-6-4-3-5-7-11)15-17(21)12-8-9-13(10-12)18(15)22/h3-7,12-13,15H,2,8-10H2,1H3/t12-,13+,15?. The van der Waals surface area contributed by atoms with E-state index in [4.69, 9.17) is 4.98 Å². The van der Waals surface area contributed by atoms with Crippen LogP contribution < -0.4 is 0 Å². The third-order valence-electron chi connectivity index (χ3n) is 5.15. The number of carbonyl (C=O) groups excluding carboxylic acids is 2. The van der Waals surface area contributed by atoms with Crippen LogP contribution in [-0.2, 0) is 16.0 Å². The zero-order chi connectivity index (χ0) is 16.0. The average molecular weight is 325 g/mol. The Hall–Kier alpha value is -1.81. The van der Waals surface area contributed by atoms with Crippen molar-refractivity contribution in [3.05, 3.63) is 40.9 Å². The van der Waals surface area contributed by atoms with Crippen molar-refractivity contribution in [1.29, 1.82) is 0 Å². The number of hydrogen-bond donors (Lipinski definition) is 0. The summed E-state index contributed by atoms with van der Waals surface area (Å²) in [5.74, 6) is -0.222. The zero-order valence-electron chi connectivity index (χ0n) is 13.1. The normalized spacial score (nSPS) is 26.7. The van der Waals surface area contributed by atoms with Gasteiger partial charge in [0.25, 0.3) is 0 Å². The summed E-state index contributed by atoms with van der Waals surface area (Å²) in [6, 6.07) is 10.00. The van der Waals surface area contributed by atoms with E-state index in [-0.39, 0.29) is 23.4 Å². The van der Waals surface area contributed by atoms with Gasteiger partial charge in [-0.15, -0.1) is 11.3 Å². The van der Waals surface area contributed by atoms with Crippen molar-refractivity contribution in [3.63, 3.8) is 0 Å². The van der Waals surface area contributed by atoms with Crippen LogP contribution in [0.5, 0.6) is 0 Å². The molecule has 2 fully saturated rings. The summed E-state index contributed by atoms with van der Waals surface area (Å²) in [6.45, 7) is 2.07. The second-order valence-electron chi connectivity index (χ2n) is 6.49. The molecular formula is C19H19NO2S. The van der Waals surface area contributed by atoms with Gasteiger partial charge in [0.05, 0.1) is 5.69 Å². The minimum Gasteiger partial charge on any atom is -0.298 e. The fourth-order valence-corrected chi connectivity index (χ4v) is 4.97. The number of aryl methyl sites for hydroxylation is 1. The van der Waals surface area contributed by atoms with Gasteiger partial charge in [0, 0.05) is 22.3 Å². The number of carbonyl (C=O) groups is 2. The summed E-state index contributed by atoms with van der Waals surface area (Å²) in [4.78, 5) is 31.3. The second kappa shape index (κ2) is 5.68. The summed E-state index contributed by atoms with van der Waals surface area (Å²) in [7, 11) is 0. The predicted octanol–water partition coefficient (Wildman–Crippen LogP) is 4.02. The first kappa shape index (κ1) is 14.8. The lowest BCUT2D eigenvalue weighted by molar-refractivity contribution is -0.136. The van der Waals surface area contributed by atoms with Crippen LogP contribution >= 0.6 is 11.3 Å². The number of Topliss-reactive ketones (excluding diaryl/α,β-unsaturated/α-hetero) is 2.